The second-order valence-corrected chi connectivity index (χ2v) is 6.68. The van der Waals surface area contributed by atoms with Crippen molar-refractivity contribution in [1.82, 2.24) is 5.32 Å². The number of hydrogen-bond donors (Lipinski definition) is 2. The number of fused-ring (bicyclic) bond motifs is 1. The summed E-state index contributed by atoms with van der Waals surface area (Å²) in [4.78, 5) is 12.2. The van der Waals surface area contributed by atoms with Gasteiger partial charge in [0.05, 0.1) is 5.69 Å². The van der Waals surface area contributed by atoms with Gasteiger partial charge in [-0.25, -0.2) is 0 Å². The molecular formula is C12H10ClF3N2OS2. The molecule has 0 saturated heterocycles. The third-order valence-electron chi connectivity index (χ3n) is 2.55. The highest BCUT2D eigenvalue weighted by Crippen LogP contribution is 2.35. The van der Waals surface area contributed by atoms with Crippen LogP contribution in [0.4, 0.5) is 18.9 Å². The van der Waals surface area contributed by atoms with Gasteiger partial charge in [0.1, 0.15) is 4.88 Å². The number of thioether (sulfide) groups is 1. The largest absolute Gasteiger partial charge is 0.441 e. The first-order valence-electron chi connectivity index (χ1n) is 5.74. The molecule has 0 fully saturated rings. The van der Waals surface area contributed by atoms with Gasteiger partial charge in [0.2, 0.25) is 0 Å². The Morgan fingerprint density at radius 3 is 2.81 bits per heavy atom. The molecule has 1 aromatic carbocycles. The lowest BCUT2D eigenvalue weighted by molar-refractivity contribution is -0.0327. The summed E-state index contributed by atoms with van der Waals surface area (Å²) < 4.78 is 36.7. The summed E-state index contributed by atoms with van der Waals surface area (Å²) in [7, 11) is 0. The van der Waals surface area contributed by atoms with Gasteiger partial charge in [-0.1, -0.05) is 11.6 Å². The molecular weight excluding hydrogens is 345 g/mol. The van der Waals surface area contributed by atoms with Gasteiger partial charge in [-0.3, -0.25) is 4.79 Å². The van der Waals surface area contributed by atoms with E-state index in [-0.39, 0.29) is 28.9 Å². The number of alkyl halides is 3. The van der Waals surface area contributed by atoms with E-state index in [1.807, 2.05) is 0 Å². The molecule has 0 aliphatic heterocycles. The van der Waals surface area contributed by atoms with Crippen LogP contribution in [0.3, 0.4) is 0 Å². The maximum atomic E-state index is 12.0. The minimum absolute atomic E-state index is 0.0859. The SMILES string of the molecule is Nc1c(C(=O)NCCSC(F)(F)F)sc2ccc(Cl)cc12. The normalized spacial score (nSPS) is 11.8. The number of anilines is 1. The second-order valence-electron chi connectivity index (χ2n) is 4.04. The zero-order valence-electron chi connectivity index (χ0n) is 10.5. The van der Waals surface area contributed by atoms with Crippen molar-refractivity contribution in [2.24, 2.45) is 0 Å². The number of halogens is 4. The standard InChI is InChI=1S/C12H10ClF3N2OS2/c13-6-1-2-8-7(5-6)9(17)10(21-8)11(19)18-3-4-20-12(14,15)16/h1-2,5H,3-4,17H2,(H,18,19). The lowest BCUT2D eigenvalue weighted by atomic mass is 10.2. The average Bonchev–Trinajstić information content (AvgIpc) is 2.71. The van der Waals surface area contributed by atoms with E-state index < -0.39 is 11.4 Å². The Kier molecular flexibility index (Phi) is 4.90. The van der Waals surface area contributed by atoms with E-state index in [1.165, 1.54) is 11.3 Å². The van der Waals surface area contributed by atoms with E-state index >= 15 is 0 Å². The highest BCUT2D eigenvalue weighted by Gasteiger charge is 2.27. The van der Waals surface area contributed by atoms with Crippen molar-refractivity contribution in [3.8, 4) is 0 Å². The highest BCUT2D eigenvalue weighted by molar-refractivity contribution is 8.00. The van der Waals surface area contributed by atoms with Crippen molar-refractivity contribution in [2.75, 3.05) is 18.0 Å². The van der Waals surface area contributed by atoms with Crippen molar-refractivity contribution < 1.29 is 18.0 Å². The Morgan fingerprint density at radius 1 is 1.43 bits per heavy atom. The molecule has 0 aliphatic rings. The van der Waals surface area contributed by atoms with Crippen molar-refractivity contribution in [2.45, 2.75) is 5.51 Å². The quantitative estimate of drug-likeness (QED) is 0.812. The van der Waals surface area contributed by atoms with Crippen LogP contribution in [0.25, 0.3) is 10.1 Å². The summed E-state index contributed by atoms with van der Waals surface area (Å²) in [6, 6.07) is 5.08. The number of rotatable bonds is 4. The predicted octanol–water partition coefficient (Wildman–Crippen LogP) is 4.12. The fraction of sp³-hybridized carbons (Fsp3) is 0.250. The Labute approximate surface area is 131 Å². The maximum Gasteiger partial charge on any atom is 0.441 e. The minimum atomic E-state index is -4.29. The molecule has 3 nitrogen and oxygen atoms in total. The number of nitrogens with two attached hydrogens (primary N) is 1. The third kappa shape index (κ3) is 4.18. The minimum Gasteiger partial charge on any atom is -0.397 e. The monoisotopic (exact) mass is 354 g/mol. The Bertz CT molecular complexity index is 672. The van der Waals surface area contributed by atoms with Crippen LogP contribution in [0.1, 0.15) is 9.67 Å². The Balaban J connectivity index is 2.04. The summed E-state index contributed by atoms with van der Waals surface area (Å²) in [5.74, 6) is -0.723. The summed E-state index contributed by atoms with van der Waals surface area (Å²) in [5.41, 5.74) is 1.88. The van der Waals surface area contributed by atoms with E-state index in [4.69, 9.17) is 17.3 Å². The van der Waals surface area contributed by atoms with Crippen LogP contribution < -0.4 is 11.1 Å². The molecule has 1 heterocycles. The number of amides is 1. The lowest BCUT2D eigenvalue weighted by Crippen LogP contribution is -2.26. The van der Waals surface area contributed by atoms with Crippen LogP contribution >= 0.6 is 34.7 Å². The van der Waals surface area contributed by atoms with Crippen LogP contribution in [0.5, 0.6) is 0 Å². The molecule has 2 rings (SSSR count). The number of carbonyl (C=O) groups excluding carboxylic acids is 1. The van der Waals surface area contributed by atoms with Crippen molar-refractivity contribution in [3.63, 3.8) is 0 Å². The van der Waals surface area contributed by atoms with E-state index in [0.717, 1.165) is 4.70 Å². The van der Waals surface area contributed by atoms with Gasteiger partial charge in [-0.2, -0.15) is 13.2 Å². The number of carbonyl (C=O) groups is 1. The first-order valence-corrected chi connectivity index (χ1v) is 7.92. The Morgan fingerprint density at radius 2 is 2.14 bits per heavy atom. The summed E-state index contributed by atoms with van der Waals surface area (Å²) in [6.45, 7) is -0.0859. The van der Waals surface area contributed by atoms with Crippen molar-refractivity contribution in [3.05, 3.63) is 28.1 Å². The average molecular weight is 355 g/mol. The predicted molar refractivity (Wildman–Crippen MR) is 82.1 cm³/mol. The van der Waals surface area contributed by atoms with Gasteiger partial charge in [-0.15, -0.1) is 11.3 Å². The van der Waals surface area contributed by atoms with Gasteiger partial charge in [-0.05, 0) is 30.0 Å². The maximum absolute atomic E-state index is 12.0. The number of thiophene rings is 1. The third-order valence-corrected chi connectivity index (χ3v) is 4.70. The fourth-order valence-corrected chi connectivity index (χ4v) is 3.30. The summed E-state index contributed by atoms with van der Waals surface area (Å²) >= 11 is 6.87. The van der Waals surface area contributed by atoms with Gasteiger partial charge >= 0.3 is 5.51 Å². The van der Waals surface area contributed by atoms with E-state index in [1.54, 1.807) is 18.2 Å². The van der Waals surface area contributed by atoms with Gasteiger partial charge in [0.25, 0.3) is 5.91 Å². The highest BCUT2D eigenvalue weighted by atomic mass is 35.5. The van der Waals surface area contributed by atoms with Gasteiger partial charge in [0, 0.05) is 27.4 Å². The van der Waals surface area contributed by atoms with E-state index in [0.29, 0.717) is 16.1 Å². The second kappa shape index (κ2) is 6.33. The van der Waals surface area contributed by atoms with Crippen LogP contribution in [0.2, 0.25) is 5.02 Å². The molecule has 9 heteroatoms. The first kappa shape index (κ1) is 16.3. The Hall–Kier alpha value is -1.12. The zero-order valence-corrected chi connectivity index (χ0v) is 12.8. The summed E-state index contributed by atoms with van der Waals surface area (Å²) in [5, 5.41) is 3.59. The number of hydrogen-bond acceptors (Lipinski definition) is 4. The number of nitrogens with one attached hydrogen (secondary N) is 1. The van der Waals surface area contributed by atoms with Crippen LogP contribution in [-0.4, -0.2) is 23.7 Å². The van der Waals surface area contributed by atoms with Crippen LogP contribution in [0.15, 0.2) is 18.2 Å². The number of nitrogen functional groups attached to an aromatic ring is 1. The fourth-order valence-electron chi connectivity index (χ4n) is 1.67. The molecule has 0 radical (unpaired) electrons. The van der Waals surface area contributed by atoms with Crippen molar-refractivity contribution >= 4 is 56.4 Å². The van der Waals surface area contributed by atoms with Crippen LogP contribution in [-0.2, 0) is 0 Å². The molecule has 0 aliphatic carbocycles. The molecule has 0 bridgehead atoms. The molecule has 2 aromatic rings. The van der Waals surface area contributed by atoms with Gasteiger partial charge < -0.3 is 11.1 Å². The molecule has 1 amide bonds. The first-order chi connectivity index (χ1) is 9.78. The molecule has 0 atom stereocenters. The topological polar surface area (TPSA) is 55.1 Å². The molecule has 0 spiro atoms. The number of benzene rings is 1. The molecule has 114 valence electrons. The molecule has 3 N–H and O–H groups in total. The summed E-state index contributed by atoms with van der Waals surface area (Å²) in [6.07, 6.45) is 0. The lowest BCUT2D eigenvalue weighted by Gasteiger charge is -2.06. The molecule has 0 unspecified atom stereocenters. The zero-order chi connectivity index (χ0) is 15.6. The van der Waals surface area contributed by atoms with Crippen molar-refractivity contribution in [1.29, 1.82) is 0 Å². The van der Waals surface area contributed by atoms with Crippen LogP contribution in [0, 0.1) is 0 Å². The van der Waals surface area contributed by atoms with E-state index in [2.05, 4.69) is 5.32 Å². The molecule has 21 heavy (non-hydrogen) atoms. The molecule has 0 saturated carbocycles. The molecule has 1 aromatic heterocycles. The van der Waals surface area contributed by atoms with E-state index in [9.17, 15) is 18.0 Å². The smallest absolute Gasteiger partial charge is 0.397 e. The van der Waals surface area contributed by atoms with Gasteiger partial charge in [0.15, 0.2) is 0 Å².